The lowest BCUT2D eigenvalue weighted by Crippen LogP contribution is -2.44. The number of aromatic nitrogens is 3. The summed E-state index contributed by atoms with van der Waals surface area (Å²) in [5.74, 6) is 3.67. The van der Waals surface area contributed by atoms with Crippen LogP contribution in [0.15, 0.2) is 24.4 Å². The standard InChI is InChI=1S/C28H39N3O2/c1-18(2)6-8-21-17-31(30-29-21)14-4-5-20-16-26(33)28(3)13-12-24-23-11-9-22(32)15-19(23)7-10-25(24)27(20)28/h9,11,15,17-18,20,24-25,27,32H,4-8,10,12-14,16H2,1-3H3. The van der Waals surface area contributed by atoms with E-state index in [1.807, 2.05) is 16.8 Å². The molecule has 0 saturated heterocycles. The van der Waals surface area contributed by atoms with Crippen LogP contribution in [0.1, 0.15) is 88.5 Å². The lowest BCUT2D eigenvalue weighted by molar-refractivity contribution is -0.129. The number of ketones is 1. The third-order valence-electron chi connectivity index (χ3n) is 9.08. The van der Waals surface area contributed by atoms with Crippen LogP contribution in [0.5, 0.6) is 5.75 Å². The minimum absolute atomic E-state index is 0.141. The second-order valence-corrected chi connectivity index (χ2v) is 11.6. The summed E-state index contributed by atoms with van der Waals surface area (Å²) in [5.41, 5.74) is 3.70. The van der Waals surface area contributed by atoms with Gasteiger partial charge in [-0.1, -0.05) is 32.1 Å². The summed E-state index contributed by atoms with van der Waals surface area (Å²) in [7, 11) is 0. The molecule has 1 aromatic carbocycles. The Balaban J connectivity index is 1.26. The maximum Gasteiger partial charge on any atom is 0.139 e. The Morgan fingerprint density at radius 2 is 2.12 bits per heavy atom. The van der Waals surface area contributed by atoms with Crippen molar-refractivity contribution in [2.45, 2.75) is 91.0 Å². The Bertz CT molecular complexity index is 1010. The number of carbonyl (C=O) groups is 1. The van der Waals surface area contributed by atoms with Gasteiger partial charge in [0.2, 0.25) is 0 Å². The van der Waals surface area contributed by atoms with E-state index in [9.17, 15) is 9.90 Å². The van der Waals surface area contributed by atoms with E-state index in [1.54, 1.807) is 0 Å². The molecule has 5 rings (SSSR count). The normalized spacial score (nSPS) is 30.8. The second-order valence-electron chi connectivity index (χ2n) is 11.6. The van der Waals surface area contributed by atoms with Gasteiger partial charge >= 0.3 is 0 Å². The number of nitrogens with zero attached hydrogens (tertiary/aromatic N) is 3. The first kappa shape index (κ1) is 22.6. The Kier molecular flexibility index (Phi) is 6.09. The third kappa shape index (κ3) is 4.24. The van der Waals surface area contributed by atoms with Crippen molar-refractivity contribution in [1.82, 2.24) is 15.0 Å². The molecule has 2 aromatic rings. The molecule has 2 fully saturated rings. The van der Waals surface area contributed by atoms with Crippen LogP contribution in [-0.4, -0.2) is 25.9 Å². The third-order valence-corrected chi connectivity index (χ3v) is 9.08. The molecule has 3 aliphatic rings. The largest absolute Gasteiger partial charge is 0.508 e. The minimum atomic E-state index is -0.141. The highest BCUT2D eigenvalue weighted by Crippen LogP contribution is 2.62. The summed E-state index contributed by atoms with van der Waals surface area (Å²) < 4.78 is 2.00. The van der Waals surface area contributed by atoms with Gasteiger partial charge in [-0.15, -0.1) is 5.10 Å². The SMILES string of the molecule is CC(C)CCc1cn(CCCC2CC(=O)C3(C)CCC4c5ccc(O)cc5CCC4C23)nn1. The van der Waals surface area contributed by atoms with Crippen molar-refractivity contribution in [3.05, 3.63) is 41.2 Å². The number of hydrogen-bond acceptors (Lipinski definition) is 4. The van der Waals surface area contributed by atoms with Crippen LogP contribution in [0.2, 0.25) is 0 Å². The van der Waals surface area contributed by atoms with E-state index >= 15 is 0 Å². The number of aryl methyl sites for hydroxylation is 3. The monoisotopic (exact) mass is 449 g/mol. The summed E-state index contributed by atoms with van der Waals surface area (Å²) in [6.45, 7) is 7.64. The van der Waals surface area contributed by atoms with Gasteiger partial charge in [0.05, 0.1) is 5.69 Å². The van der Waals surface area contributed by atoms with E-state index < -0.39 is 0 Å². The number of phenolic OH excluding ortho intramolecular Hbond substituents is 1. The number of hydrogen-bond donors (Lipinski definition) is 1. The zero-order valence-corrected chi connectivity index (χ0v) is 20.5. The Morgan fingerprint density at radius 1 is 1.27 bits per heavy atom. The maximum absolute atomic E-state index is 13.2. The summed E-state index contributed by atoms with van der Waals surface area (Å²) in [5, 5.41) is 18.6. The predicted octanol–water partition coefficient (Wildman–Crippen LogP) is 5.70. The first-order chi connectivity index (χ1) is 15.8. The quantitative estimate of drug-likeness (QED) is 0.588. The first-order valence-electron chi connectivity index (χ1n) is 13.1. The summed E-state index contributed by atoms with van der Waals surface area (Å²) in [4.78, 5) is 13.2. The van der Waals surface area contributed by atoms with E-state index in [1.165, 1.54) is 11.1 Å². The molecule has 33 heavy (non-hydrogen) atoms. The molecule has 0 spiro atoms. The molecule has 3 aliphatic carbocycles. The number of Topliss-reactive ketones (excluding diaryl/α,β-unsaturated/α-hetero) is 1. The van der Waals surface area contributed by atoms with Gasteiger partial charge < -0.3 is 5.11 Å². The molecule has 1 N–H and O–H groups in total. The number of rotatable bonds is 7. The van der Waals surface area contributed by atoms with Gasteiger partial charge in [0.15, 0.2) is 0 Å². The molecule has 2 saturated carbocycles. The van der Waals surface area contributed by atoms with Crippen molar-refractivity contribution in [3.8, 4) is 5.75 Å². The summed E-state index contributed by atoms with van der Waals surface area (Å²) in [6.07, 6.45) is 11.4. The zero-order valence-electron chi connectivity index (χ0n) is 20.5. The molecule has 5 unspecified atom stereocenters. The lowest BCUT2D eigenvalue weighted by atomic mass is 9.54. The first-order valence-corrected chi connectivity index (χ1v) is 13.1. The molecule has 0 amide bonds. The van der Waals surface area contributed by atoms with E-state index in [0.29, 0.717) is 41.1 Å². The van der Waals surface area contributed by atoms with Crippen LogP contribution in [0.25, 0.3) is 0 Å². The van der Waals surface area contributed by atoms with Crippen LogP contribution >= 0.6 is 0 Å². The zero-order chi connectivity index (χ0) is 23.2. The molecular weight excluding hydrogens is 410 g/mol. The molecule has 5 heteroatoms. The topological polar surface area (TPSA) is 68.0 Å². The van der Waals surface area contributed by atoms with Crippen molar-refractivity contribution < 1.29 is 9.90 Å². The van der Waals surface area contributed by atoms with Crippen molar-refractivity contribution in [2.75, 3.05) is 0 Å². The van der Waals surface area contributed by atoms with E-state index in [4.69, 9.17) is 0 Å². The molecule has 0 radical (unpaired) electrons. The predicted molar refractivity (Wildman–Crippen MR) is 129 cm³/mol. The maximum atomic E-state index is 13.2. The average Bonchev–Trinajstić information content (AvgIpc) is 3.34. The van der Waals surface area contributed by atoms with E-state index in [-0.39, 0.29) is 5.41 Å². The fourth-order valence-corrected chi connectivity index (χ4v) is 7.41. The highest BCUT2D eigenvalue weighted by molar-refractivity contribution is 5.87. The van der Waals surface area contributed by atoms with Crippen LogP contribution in [-0.2, 0) is 24.2 Å². The summed E-state index contributed by atoms with van der Waals surface area (Å²) >= 11 is 0. The highest BCUT2D eigenvalue weighted by atomic mass is 16.3. The van der Waals surface area contributed by atoms with Crippen molar-refractivity contribution >= 4 is 5.78 Å². The number of fused-ring (bicyclic) bond motifs is 5. The van der Waals surface area contributed by atoms with Gasteiger partial charge in [-0.05, 0) is 104 Å². The Labute approximate surface area is 198 Å². The van der Waals surface area contributed by atoms with Crippen molar-refractivity contribution in [1.29, 1.82) is 0 Å². The Morgan fingerprint density at radius 3 is 2.94 bits per heavy atom. The van der Waals surface area contributed by atoms with Crippen LogP contribution in [0.3, 0.4) is 0 Å². The van der Waals surface area contributed by atoms with Gasteiger partial charge in [0, 0.05) is 24.6 Å². The molecule has 1 aromatic heterocycles. The highest BCUT2D eigenvalue weighted by Gasteiger charge is 2.58. The number of aromatic hydroxyl groups is 1. The second kappa shape index (κ2) is 8.88. The van der Waals surface area contributed by atoms with Crippen LogP contribution in [0.4, 0.5) is 0 Å². The number of phenols is 1. The van der Waals surface area contributed by atoms with E-state index in [0.717, 1.165) is 70.0 Å². The minimum Gasteiger partial charge on any atom is -0.508 e. The van der Waals surface area contributed by atoms with Gasteiger partial charge in [-0.25, -0.2) is 0 Å². The van der Waals surface area contributed by atoms with Crippen molar-refractivity contribution in [2.24, 2.45) is 29.1 Å². The van der Waals surface area contributed by atoms with Gasteiger partial charge in [-0.3, -0.25) is 9.48 Å². The average molecular weight is 450 g/mol. The van der Waals surface area contributed by atoms with Crippen LogP contribution < -0.4 is 0 Å². The molecule has 1 heterocycles. The number of benzene rings is 1. The fraction of sp³-hybridized carbons (Fsp3) is 0.679. The van der Waals surface area contributed by atoms with Crippen molar-refractivity contribution in [3.63, 3.8) is 0 Å². The Hall–Kier alpha value is -2.17. The van der Waals surface area contributed by atoms with Gasteiger partial charge in [0.25, 0.3) is 0 Å². The smallest absolute Gasteiger partial charge is 0.139 e. The van der Waals surface area contributed by atoms with E-state index in [2.05, 4.69) is 43.3 Å². The van der Waals surface area contributed by atoms with Crippen LogP contribution in [0, 0.1) is 29.1 Å². The molecule has 5 nitrogen and oxygen atoms in total. The molecule has 0 bridgehead atoms. The molecule has 0 aliphatic heterocycles. The summed E-state index contributed by atoms with van der Waals surface area (Å²) in [6, 6.07) is 5.96. The molecular formula is C28H39N3O2. The molecule has 5 atom stereocenters. The fourth-order valence-electron chi connectivity index (χ4n) is 7.41. The lowest BCUT2D eigenvalue weighted by Gasteiger charge is -2.50. The van der Waals surface area contributed by atoms with Gasteiger partial charge in [0.1, 0.15) is 11.5 Å². The number of carbonyl (C=O) groups excluding carboxylic acids is 1. The molecule has 178 valence electrons. The van der Waals surface area contributed by atoms with Gasteiger partial charge in [-0.2, -0.15) is 0 Å².